The average molecular weight is 512 g/mol. The Balaban J connectivity index is 1.58. The zero-order valence-corrected chi connectivity index (χ0v) is 19.6. The van der Waals surface area contributed by atoms with Crippen LogP contribution in [0.2, 0.25) is 0 Å². The molecule has 3 unspecified atom stereocenters. The van der Waals surface area contributed by atoms with E-state index in [1.54, 1.807) is 28.9 Å². The summed E-state index contributed by atoms with van der Waals surface area (Å²) >= 11 is 0. The summed E-state index contributed by atoms with van der Waals surface area (Å²) in [6.45, 7) is 4.12. The van der Waals surface area contributed by atoms with Gasteiger partial charge in [-0.25, -0.2) is 4.79 Å². The number of hydrogen-bond acceptors (Lipinski definition) is 7. The smallest absolute Gasteiger partial charge is 0.481 e. The number of piperidine rings is 1. The van der Waals surface area contributed by atoms with Crippen LogP contribution in [0, 0.1) is 0 Å². The molecule has 13 heteroatoms. The number of hydrogen-bond donors (Lipinski definition) is 1. The number of halogens is 3. The number of carbonyl (C=O) groups is 2. The molecular formula is C23H27F3N4O6. The van der Waals surface area contributed by atoms with Crippen molar-refractivity contribution in [2.24, 2.45) is 0 Å². The Morgan fingerprint density at radius 3 is 2.39 bits per heavy atom. The molecule has 10 nitrogen and oxygen atoms in total. The van der Waals surface area contributed by atoms with Gasteiger partial charge in [-0.1, -0.05) is 19.1 Å². The van der Waals surface area contributed by atoms with Gasteiger partial charge in [0.15, 0.2) is 0 Å². The summed E-state index contributed by atoms with van der Waals surface area (Å²) in [5.74, 6) is -2.72. The van der Waals surface area contributed by atoms with Crippen LogP contribution >= 0.6 is 0 Å². The summed E-state index contributed by atoms with van der Waals surface area (Å²) in [6, 6.07) is 5.39. The first-order valence-corrected chi connectivity index (χ1v) is 11.7. The van der Waals surface area contributed by atoms with Crippen LogP contribution in [0.5, 0.6) is 5.75 Å². The van der Waals surface area contributed by atoms with E-state index in [0.717, 1.165) is 5.56 Å². The minimum absolute atomic E-state index is 0.00170. The highest BCUT2D eigenvalue weighted by Gasteiger charge is 2.37. The summed E-state index contributed by atoms with van der Waals surface area (Å²) in [7, 11) is 0. The molecule has 1 N–H and O–H groups in total. The van der Waals surface area contributed by atoms with Crippen molar-refractivity contribution in [1.82, 2.24) is 20.0 Å². The van der Waals surface area contributed by atoms with Crippen molar-refractivity contribution in [2.75, 3.05) is 39.4 Å². The number of morpholine rings is 1. The molecule has 0 aliphatic carbocycles. The Morgan fingerprint density at radius 2 is 1.78 bits per heavy atom. The van der Waals surface area contributed by atoms with Gasteiger partial charge in [0.05, 0.1) is 19.1 Å². The maximum absolute atomic E-state index is 13.3. The molecule has 1 aromatic heterocycles. The van der Waals surface area contributed by atoms with Crippen LogP contribution in [0.4, 0.5) is 18.0 Å². The number of nitrogens with zero attached hydrogens (tertiary/aromatic N) is 4. The fourth-order valence-electron chi connectivity index (χ4n) is 4.58. The quantitative estimate of drug-likeness (QED) is 0.624. The zero-order chi connectivity index (χ0) is 25.9. The topological polar surface area (TPSA) is 118 Å². The minimum atomic E-state index is -4.79. The van der Waals surface area contributed by atoms with Gasteiger partial charge < -0.3 is 28.8 Å². The molecule has 3 atom stereocenters. The largest absolute Gasteiger partial charge is 0.573 e. The van der Waals surface area contributed by atoms with E-state index in [9.17, 15) is 27.9 Å². The van der Waals surface area contributed by atoms with Crippen molar-refractivity contribution in [2.45, 2.75) is 43.9 Å². The van der Waals surface area contributed by atoms with Crippen molar-refractivity contribution in [3.05, 3.63) is 41.6 Å². The molecule has 0 bridgehead atoms. The molecule has 36 heavy (non-hydrogen) atoms. The molecule has 0 saturated carbocycles. The third kappa shape index (κ3) is 6.07. The molecule has 2 fully saturated rings. The molecule has 0 radical (unpaired) electrons. The lowest BCUT2D eigenvalue weighted by Crippen LogP contribution is -2.52. The second kappa shape index (κ2) is 10.7. The molecule has 3 heterocycles. The van der Waals surface area contributed by atoms with Gasteiger partial charge in [-0.3, -0.25) is 4.79 Å². The standard InChI is InChI=1S/C23H27F3N4O6/c1-2-18(21(31)32)20-28-27-19(35-20)16-11-15(14-3-5-17(6-4-14)36-23(24,25)26)12-30(13-16)22(33)29-7-9-34-10-8-29/h3-6,15-16,18H,2,7-13H2,1H3,(H,31,32). The Bertz CT molecular complexity index is 1050. The van der Waals surface area contributed by atoms with E-state index < -0.39 is 18.2 Å². The van der Waals surface area contributed by atoms with Crippen molar-refractivity contribution in [3.63, 3.8) is 0 Å². The van der Waals surface area contributed by atoms with E-state index in [1.807, 2.05) is 0 Å². The van der Waals surface area contributed by atoms with Gasteiger partial charge in [0.2, 0.25) is 11.8 Å². The number of carboxylic acid groups (broad SMARTS) is 1. The number of carboxylic acids is 1. The fraction of sp³-hybridized carbons (Fsp3) is 0.565. The molecule has 0 spiro atoms. The number of amides is 2. The first-order chi connectivity index (χ1) is 17.1. The number of aliphatic carboxylic acids is 1. The summed E-state index contributed by atoms with van der Waals surface area (Å²) in [4.78, 5) is 28.1. The number of ether oxygens (including phenoxy) is 2. The second-order valence-corrected chi connectivity index (χ2v) is 8.81. The number of benzene rings is 1. The summed E-state index contributed by atoms with van der Waals surface area (Å²) < 4.78 is 52.7. The van der Waals surface area contributed by atoms with Crippen LogP contribution in [-0.2, 0) is 9.53 Å². The third-order valence-electron chi connectivity index (χ3n) is 6.40. The highest BCUT2D eigenvalue weighted by molar-refractivity contribution is 5.75. The molecule has 1 aromatic carbocycles. The maximum atomic E-state index is 13.3. The average Bonchev–Trinajstić information content (AvgIpc) is 3.33. The Morgan fingerprint density at radius 1 is 1.11 bits per heavy atom. The van der Waals surface area contributed by atoms with E-state index in [2.05, 4.69) is 14.9 Å². The molecule has 196 valence electrons. The van der Waals surface area contributed by atoms with Crippen molar-refractivity contribution in [1.29, 1.82) is 0 Å². The molecule has 2 amide bonds. The Labute approximate surface area is 205 Å². The van der Waals surface area contributed by atoms with Crippen LogP contribution in [0.15, 0.2) is 28.7 Å². The monoisotopic (exact) mass is 512 g/mol. The highest BCUT2D eigenvalue weighted by Crippen LogP contribution is 2.37. The zero-order valence-electron chi connectivity index (χ0n) is 19.6. The normalized spacial score (nSPS) is 21.8. The lowest BCUT2D eigenvalue weighted by molar-refractivity contribution is -0.274. The van der Waals surface area contributed by atoms with Gasteiger partial charge in [0.1, 0.15) is 11.7 Å². The van der Waals surface area contributed by atoms with Gasteiger partial charge in [0.25, 0.3) is 0 Å². The molecule has 4 rings (SSSR count). The van der Waals surface area contributed by atoms with E-state index in [-0.39, 0.29) is 48.4 Å². The van der Waals surface area contributed by atoms with Gasteiger partial charge in [-0.05, 0) is 30.5 Å². The number of rotatable bonds is 6. The molecule has 2 aliphatic heterocycles. The lowest BCUT2D eigenvalue weighted by Gasteiger charge is -2.40. The molecule has 2 aromatic rings. The SMILES string of the molecule is CCC(C(=O)O)c1nnc(C2CC(c3ccc(OC(F)(F)F)cc3)CN(C(=O)N3CCOCC3)C2)o1. The van der Waals surface area contributed by atoms with Gasteiger partial charge >= 0.3 is 18.4 Å². The number of alkyl halides is 3. The first-order valence-electron chi connectivity index (χ1n) is 11.7. The van der Waals surface area contributed by atoms with Crippen LogP contribution in [0.3, 0.4) is 0 Å². The van der Waals surface area contributed by atoms with Crippen LogP contribution in [0.1, 0.15) is 54.9 Å². The number of likely N-dealkylation sites (tertiary alicyclic amines) is 1. The van der Waals surface area contributed by atoms with E-state index in [0.29, 0.717) is 39.3 Å². The Kier molecular flexibility index (Phi) is 7.67. The van der Waals surface area contributed by atoms with E-state index >= 15 is 0 Å². The fourth-order valence-corrected chi connectivity index (χ4v) is 4.58. The molecule has 2 aliphatic rings. The maximum Gasteiger partial charge on any atom is 0.573 e. The summed E-state index contributed by atoms with van der Waals surface area (Å²) in [5, 5.41) is 17.4. The van der Waals surface area contributed by atoms with Crippen molar-refractivity contribution < 1.29 is 41.8 Å². The van der Waals surface area contributed by atoms with E-state index in [4.69, 9.17) is 9.15 Å². The van der Waals surface area contributed by atoms with E-state index in [1.165, 1.54) is 12.1 Å². The molecular weight excluding hydrogens is 485 g/mol. The van der Waals surface area contributed by atoms with Crippen molar-refractivity contribution in [3.8, 4) is 5.75 Å². The predicted molar refractivity (Wildman–Crippen MR) is 118 cm³/mol. The third-order valence-corrected chi connectivity index (χ3v) is 6.40. The summed E-state index contributed by atoms with van der Waals surface area (Å²) in [6.07, 6.45) is -4.03. The Hall–Kier alpha value is -3.35. The van der Waals surface area contributed by atoms with Crippen LogP contribution < -0.4 is 4.74 Å². The van der Waals surface area contributed by atoms with Crippen LogP contribution in [0.25, 0.3) is 0 Å². The van der Waals surface area contributed by atoms with Gasteiger partial charge in [0, 0.05) is 32.1 Å². The van der Waals surface area contributed by atoms with Crippen LogP contribution in [-0.4, -0.2) is 82.9 Å². The van der Waals surface area contributed by atoms with Crippen molar-refractivity contribution >= 4 is 12.0 Å². The lowest BCUT2D eigenvalue weighted by atomic mass is 9.84. The van der Waals surface area contributed by atoms with Gasteiger partial charge in [-0.2, -0.15) is 0 Å². The first kappa shape index (κ1) is 25.7. The molecule has 2 saturated heterocycles. The predicted octanol–water partition coefficient (Wildman–Crippen LogP) is 3.57. The second-order valence-electron chi connectivity index (χ2n) is 8.81. The van der Waals surface area contributed by atoms with Gasteiger partial charge in [-0.15, -0.1) is 23.4 Å². The number of aromatic nitrogens is 2. The number of urea groups is 1. The highest BCUT2D eigenvalue weighted by atomic mass is 19.4. The minimum Gasteiger partial charge on any atom is -0.481 e. The number of carbonyl (C=O) groups excluding carboxylic acids is 1. The summed E-state index contributed by atoms with van der Waals surface area (Å²) in [5.41, 5.74) is 0.728.